The summed E-state index contributed by atoms with van der Waals surface area (Å²) in [4.78, 5) is 19.9. The topological polar surface area (TPSA) is 110 Å². The monoisotopic (exact) mass is 503 g/mol. The van der Waals surface area contributed by atoms with Crippen LogP contribution in [0, 0.1) is 5.92 Å². The highest BCUT2D eigenvalue weighted by atomic mass is 19.3. The Hall–Kier alpha value is -3.12. The minimum absolute atomic E-state index is 0.0234. The van der Waals surface area contributed by atoms with E-state index in [2.05, 4.69) is 25.4 Å². The van der Waals surface area contributed by atoms with Crippen molar-refractivity contribution in [3.8, 4) is 0 Å². The number of nitrogens with zero attached hydrogens (tertiary/aromatic N) is 6. The fourth-order valence-corrected chi connectivity index (χ4v) is 5.04. The highest BCUT2D eigenvalue weighted by molar-refractivity contribution is 6.08. The van der Waals surface area contributed by atoms with Crippen LogP contribution in [-0.2, 0) is 4.74 Å². The molecule has 2 N–H and O–H groups in total. The largest absolute Gasteiger partial charge is 0.396 e. The van der Waals surface area contributed by atoms with E-state index < -0.39 is 18.0 Å². The van der Waals surface area contributed by atoms with E-state index in [9.17, 15) is 18.7 Å². The molecule has 4 heterocycles. The summed E-state index contributed by atoms with van der Waals surface area (Å²) in [5.74, 6) is 0.345. The lowest BCUT2D eigenvalue weighted by molar-refractivity contribution is -0.0279. The van der Waals surface area contributed by atoms with E-state index in [0.717, 1.165) is 25.7 Å². The first-order valence-electron chi connectivity index (χ1n) is 12.3. The molecule has 0 atom stereocenters. The minimum atomic E-state index is -2.84. The van der Waals surface area contributed by atoms with Gasteiger partial charge >= 0.3 is 0 Å². The lowest BCUT2D eigenvalue weighted by atomic mass is 9.87. The third-order valence-corrected chi connectivity index (χ3v) is 7.01. The smallest absolute Gasteiger partial charge is 0.284 e. The van der Waals surface area contributed by atoms with Gasteiger partial charge in [-0.3, -0.25) is 9.48 Å². The van der Waals surface area contributed by atoms with Gasteiger partial charge in [0.25, 0.3) is 12.3 Å². The average Bonchev–Trinajstić information content (AvgIpc) is 3.47. The summed E-state index contributed by atoms with van der Waals surface area (Å²) in [6.07, 6.45) is 4.84. The highest BCUT2D eigenvalue weighted by Crippen LogP contribution is 2.34. The lowest BCUT2D eigenvalue weighted by Crippen LogP contribution is -2.48. The van der Waals surface area contributed by atoms with Gasteiger partial charge in [-0.1, -0.05) is 0 Å². The number of halogens is 2. The number of aliphatic hydroxyl groups is 1. The van der Waals surface area contributed by atoms with E-state index in [1.807, 2.05) is 19.9 Å². The molecule has 1 aliphatic heterocycles. The second kappa shape index (κ2) is 9.74. The Balaban J connectivity index is 1.38. The second-order valence-corrected chi connectivity index (χ2v) is 10.2. The van der Waals surface area contributed by atoms with Gasteiger partial charge in [0.1, 0.15) is 11.4 Å². The Kier molecular flexibility index (Phi) is 6.64. The molecule has 12 heteroatoms. The van der Waals surface area contributed by atoms with Crippen LogP contribution < -0.4 is 10.2 Å². The molecule has 2 fully saturated rings. The van der Waals surface area contributed by atoms with Gasteiger partial charge in [-0.25, -0.2) is 18.3 Å². The van der Waals surface area contributed by atoms with E-state index in [-0.39, 0.29) is 35.4 Å². The van der Waals surface area contributed by atoms with Crippen molar-refractivity contribution in [3.05, 3.63) is 35.9 Å². The number of rotatable bonds is 6. The van der Waals surface area contributed by atoms with E-state index in [1.54, 1.807) is 6.20 Å². The number of ether oxygens (including phenoxy) is 1. The summed E-state index contributed by atoms with van der Waals surface area (Å²) in [5.41, 5.74) is -0.295. The Bertz CT molecular complexity index is 1230. The second-order valence-electron chi connectivity index (χ2n) is 10.2. The summed E-state index contributed by atoms with van der Waals surface area (Å²) < 4.78 is 36.4. The average molecular weight is 504 g/mol. The third kappa shape index (κ3) is 4.92. The third-order valence-electron chi connectivity index (χ3n) is 7.01. The summed E-state index contributed by atoms with van der Waals surface area (Å²) in [7, 11) is 0. The summed E-state index contributed by atoms with van der Waals surface area (Å²) in [6.45, 7) is 6.02. The predicted molar refractivity (Wildman–Crippen MR) is 128 cm³/mol. The van der Waals surface area contributed by atoms with E-state index in [1.165, 1.54) is 21.6 Å². The van der Waals surface area contributed by atoms with Gasteiger partial charge in [-0.2, -0.15) is 10.2 Å². The number of aliphatic hydroxyl groups excluding tert-OH is 1. The Morgan fingerprint density at radius 3 is 2.78 bits per heavy atom. The maximum Gasteiger partial charge on any atom is 0.284 e. The molecular weight excluding hydrogens is 472 g/mol. The molecule has 10 nitrogen and oxygen atoms in total. The zero-order valence-corrected chi connectivity index (χ0v) is 20.4. The fraction of sp³-hybridized carbons (Fsp3) is 0.583. The molecule has 1 amide bonds. The first-order chi connectivity index (χ1) is 17.2. The first-order valence-corrected chi connectivity index (χ1v) is 12.3. The number of carbonyl (C=O) groups excluding carboxylic acids is 1. The molecule has 194 valence electrons. The fourth-order valence-electron chi connectivity index (χ4n) is 5.04. The quantitative estimate of drug-likeness (QED) is 0.530. The van der Waals surface area contributed by atoms with Crippen LogP contribution in [0.25, 0.3) is 5.65 Å². The molecular formula is C24H31F2N7O3. The number of aromatic nitrogens is 5. The molecule has 0 radical (unpaired) electrons. The van der Waals surface area contributed by atoms with Gasteiger partial charge in [-0.05, 0) is 51.5 Å². The van der Waals surface area contributed by atoms with Crippen LogP contribution in [0.1, 0.15) is 68.0 Å². The van der Waals surface area contributed by atoms with Crippen LogP contribution in [0.5, 0.6) is 0 Å². The SMILES string of the molecule is CC1(C)CN(c2ccn3ncc(C(=O)Nc4cn([C@H]5CC[C@H](CO)CC5)nc4C(F)F)c3n2)CCO1. The molecule has 1 aliphatic carbocycles. The van der Waals surface area contributed by atoms with E-state index in [4.69, 9.17) is 4.74 Å². The number of fused-ring (bicyclic) bond motifs is 1. The Morgan fingerprint density at radius 1 is 1.31 bits per heavy atom. The van der Waals surface area contributed by atoms with Crippen molar-refractivity contribution in [2.24, 2.45) is 5.92 Å². The van der Waals surface area contributed by atoms with Crippen LogP contribution >= 0.6 is 0 Å². The van der Waals surface area contributed by atoms with E-state index >= 15 is 0 Å². The molecule has 3 aromatic rings. The molecule has 0 aromatic carbocycles. The molecule has 2 aliphatic rings. The number of hydrogen-bond donors (Lipinski definition) is 2. The molecule has 1 saturated carbocycles. The zero-order valence-electron chi connectivity index (χ0n) is 20.4. The van der Waals surface area contributed by atoms with Gasteiger partial charge < -0.3 is 20.1 Å². The van der Waals surface area contributed by atoms with Crippen molar-refractivity contribution in [1.29, 1.82) is 0 Å². The van der Waals surface area contributed by atoms with Crippen LogP contribution in [0.15, 0.2) is 24.7 Å². The van der Waals surface area contributed by atoms with Crippen LogP contribution in [0.4, 0.5) is 20.3 Å². The number of hydrogen-bond acceptors (Lipinski definition) is 7. The normalized spacial score (nSPS) is 22.3. The van der Waals surface area contributed by atoms with Gasteiger partial charge in [0.15, 0.2) is 11.3 Å². The Morgan fingerprint density at radius 2 is 2.08 bits per heavy atom. The molecule has 5 rings (SSSR count). The molecule has 0 bridgehead atoms. The summed E-state index contributed by atoms with van der Waals surface area (Å²) >= 11 is 0. The van der Waals surface area contributed by atoms with Crippen LogP contribution in [-0.4, -0.2) is 67.3 Å². The van der Waals surface area contributed by atoms with E-state index in [0.29, 0.717) is 31.2 Å². The van der Waals surface area contributed by atoms with Crippen molar-refractivity contribution >= 4 is 23.1 Å². The zero-order chi connectivity index (χ0) is 25.4. The lowest BCUT2D eigenvalue weighted by Gasteiger charge is -2.38. The molecule has 0 unspecified atom stereocenters. The Labute approximate surface area is 207 Å². The summed E-state index contributed by atoms with van der Waals surface area (Å²) in [5, 5.41) is 20.3. The van der Waals surface area contributed by atoms with Crippen molar-refractivity contribution in [2.45, 2.75) is 57.6 Å². The van der Waals surface area contributed by atoms with Gasteiger partial charge in [0, 0.05) is 32.1 Å². The first kappa shape index (κ1) is 24.6. The number of amides is 1. The number of alkyl halides is 2. The maximum atomic E-state index is 13.8. The number of carbonyl (C=O) groups is 1. The summed E-state index contributed by atoms with van der Waals surface area (Å²) in [6, 6.07) is 1.78. The number of morpholine rings is 1. The van der Waals surface area contributed by atoms with Gasteiger partial charge in [0.2, 0.25) is 0 Å². The predicted octanol–water partition coefficient (Wildman–Crippen LogP) is 3.45. The standard InChI is InChI=1S/C24H31F2N7O3/c1-24(2)14-31(9-10-36-24)19-7-8-32-22(29-19)17(11-27-32)23(35)28-18-12-33(30-20(18)21(25)26)16-5-3-15(13-34)4-6-16/h7-8,11-12,15-16,21,34H,3-6,9-10,13-14H2,1-2H3,(H,28,35)/t15-,16-. The number of anilines is 2. The molecule has 0 spiro atoms. The van der Waals surface area contributed by atoms with Crippen LogP contribution in [0.3, 0.4) is 0 Å². The van der Waals surface area contributed by atoms with Gasteiger partial charge in [-0.15, -0.1) is 0 Å². The van der Waals surface area contributed by atoms with Crippen molar-refractivity contribution < 1.29 is 23.4 Å². The van der Waals surface area contributed by atoms with Crippen LogP contribution in [0.2, 0.25) is 0 Å². The molecule has 36 heavy (non-hydrogen) atoms. The highest BCUT2D eigenvalue weighted by Gasteiger charge is 2.29. The molecule has 1 saturated heterocycles. The maximum absolute atomic E-state index is 13.8. The molecule has 3 aromatic heterocycles. The van der Waals surface area contributed by atoms with Crippen molar-refractivity contribution in [3.63, 3.8) is 0 Å². The van der Waals surface area contributed by atoms with Crippen molar-refractivity contribution in [2.75, 3.05) is 36.5 Å². The van der Waals surface area contributed by atoms with Gasteiger partial charge in [0.05, 0.1) is 30.1 Å². The number of nitrogens with one attached hydrogen (secondary N) is 1. The van der Waals surface area contributed by atoms with Crippen molar-refractivity contribution in [1.82, 2.24) is 24.4 Å². The minimum Gasteiger partial charge on any atom is -0.396 e.